The van der Waals surface area contributed by atoms with Gasteiger partial charge in [-0.05, 0) is 55.2 Å². The van der Waals surface area contributed by atoms with Crippen molar-refractivity contribution in [2.75, 3.05) is 13.6 Å². The van der Waals surface area contributed by atoms with Crippen molar-refractivity contribution in [3.63, 3.8) is 0 Å². The summed E-state index contributed by atoms with van der Waals surface area (Å²) in [5.41, 5.74) is 6.00. The molecule has 142 valence electrons. The molecule has 0 spiro atoms. The summed E-state index contributed by atoms with van der Waals surface area (Å²) >= 11 is 0. The molecule has 0 aromatic rings. The van der Waals surface area contributed by atoms with E-state index in [-0.39, 0.29) is 18.5 Å². The van der Waals surface area contributed by atoms with Crippen LogP contribution >= 0.6 is 0 Å². The predicted octanol–water partition coefficient (Wildman–Crippen LogP) is 4.35. The summed E-state index contributed by atoms with van der Waals surface area (Å²) < 4.78 is 28.2. The second kappa shape index (κ2) is 7.39. The molecule has 2 N–H and O–H groups in total. The third-order valence-electron chi connectivity index (χ3n) is 5.87. The number of allylic oxidation sites excluding steroid dienone is 7. The molecule has 0 aromatic heterocycles. The SMILES string of the molecule is CNC1CC(=C2C=CC=NC2)NC2CC=C(C3=CCCC(F)=C3F)C(C)=C12. The van der Waals surface area contributed by atoms with Crippen LogP contribution in [0.4, 0.5) is 8.78 Å². The number of hydrogen-bond donors (Lipinski definition) is 2. The van der Waals surface area contributed by atoms with E-state index in [0.717, 1.165) is 24.0 Å². The Bertz CT molecular complexity index is 868. The molecule has 27 heavy (non-hydrogen) atoms. The van der Waals surface area contributed by atoms with Crippen LogP contribution < -0.4 is 10.6 Å². The third-order valence-corrected chi connectivity index (χ3v) is 5.87. The zero-order chi connectivity index (χ0) is 19.0. The Morgan fingerprint density at radius 2 is 2.07 bits per heavy atom. The summed E-state index contributed by atoms with van der Waals surface area (Å²) in [5, 5.41) is 7.10. The number of dihydropyridines is 1. The largest absolute Gasteiger partial charge is 0.381 e. The number of aliphatic imine (C=N–C) groups is 1. The number of likely N-dealkylation sites (N-methyl/N-ethyl adjacent to an activating group) is 1. The number of rotatable bonds is 2. The van der Waals surface area contributed by atoms with Gasteiger partial charge in [-0.15, -0.1) is 0 Å². The predicted molar refractivity (Wildman–Crippen MR) is 106 cm³/mol. The highest BCUT2D eigenvalue weighted by Crippen LogP contribution is 2.41. The van der Waals surface area contributed by atoms with E-state index in [9.17, 15) is 8.78 Å². The second-order valence-corrected chi connectivity index (χ2v) is 7.40. The summed E-state index contributed by atoms with van der Waals surface area (Å²) in [6.07, 6.45) is 12.1. The zero-order valence-electron chi connectivity index (χ0n) is 15.8. The van der Waals surface area contributed by atoms with Crippen LogP contribution in [0, 0.1) is 0 Å². The van der Waals surface area contributed by atoms with Gasteiger partial charge in [0, 0.05) is 36.4 Å². The van der Waals surface area contributed by atoms with Gasteiger partial charge < -0.3 is 10.6 Å². The first-order valence-electron chi connectivity index (χ1n) is 9.58. The van der Waals surface area contributed by atoms with Gasteiger partial charge in [-0.2, -0.15) is 0 Å². The molecule has 2 aliphatic heterocycles. The van der Waals surface area contributed by atoms with Gasteiger partial charge in [0.05, 0.1) is 12.6 Å². The Balaban J connectivity index is 1.68. The minimum absolute atomic E-state index is 0.161. The van der Waals surface area contributed by atoms with Crippen LogP contribution in [-0.2, 0) is 0 Å². The fourth-order valence-electron chi connectivity index (χ4n) is 4.49. The van der Waals surface area contributed by atoms with Gasteiger partial charge in [0.2, 0.25) is 0 Å². The summed E-state index contributed by atoms with van der Waals surface area (Å²) in [6, 6.07) is 0.339. The molecule has 5 heteroatoms. The molecule has 4 rings (SSSR count). The maximum absolute atomic E-state index is 14.4. The maximum Gasteiger partial charge on any atom is 0.162 e. The van der Waals surface area contributed by atoms with Crippen molar-refractivity contribution in [2.45, 2.75) is 44.7 Å². The lowest BCUT2D eigenvalue weighted by Crippen LogP contribution is -2.48. The van der Waals surface area contributed by atoms with Gasteiger partial charge in [-0.1, -0.05) is 18.2 Å². The quantitative estimate of drug-likeness (QED) is 0.759. The van der Waals surface area contributed by atoms with Crippen molar-refractivity contribution >= 4 is 6.21 Å². The van der Waals surface area contributed by atoms with Crippen molar-refractivity contribution in [1.82, 2.24) is 10.6 Å². The van der Waals surface area contributed by atoms with Crippen LogP contribution in [0.2, 0.25) is 0 Å². The van der Waals surface area contributed by atoms with Crippen LogP contribution in [0.5, 0.6) is 0 Å². The monoisotopic (exact) mass is 369 g/mol. The average Bonchev–Trinajstić information content (AvgIpc) is 2.70. The molecule has 3 nitrogen and oxygen atoms in total. The average molecular weight is 369 g/mol. The number of halogens is 2. The van der Waals surface area contributed by atoms with E-state index in [4.69, 9.17) is 0 Å². The summed E-state index contributed by atoms with van der Waals surface area (Å²) in [4.78, 5) is 4.35. The summed E-state index contributed by atoms with van der Waals surface area (Å²) in [7, 11) is 1.96. The van der Waals surface area contributed by atoms with E-state index >= 15 is 0 Å². The number of nitrogens with zero attached hydrogens (tertiary/aromatic N) is 1. The van der Waals surface area contributed by atoms with Gasteiger partial charge in [0.15, 0.2) is 5.83 Å². The van der Waals surface area contributed by atoms with Gasteiger partial charge in [-0.25, -0.2) is 8.78 Å². The van der Waals surface area contributed by atoms with Crippen molar-refractivity contribution in [3.8, 4) is 0 Å². The molecule has 0 saturated carbocycles. The number of piperidine rings is 1. The van der Waals surface area contributed by atoms with Crippen molar-refractivity contribution in [2.24, 2.45) is 4.99 Å². The molecule has 2 unspecified atom stereocenters. The third kappa shape index (κ3) is 3.25. The minimum Gasteiger partial charge on any atom is -0.381 e. The van der Waals surface area contributed by atoms with Crippen LogP contribution in [-0.4, -0.2) is 31.9 Å². The van der Waals surface area contributed by atoms with E-state index in [1.807, 2.05) is 32.3 Å². The van der Waals surface area contributed by atoms with Crippen LogP contribution in [0.25, 0.3) is 0 Å². The fourth-order valence-corrected chi connectivity index (χ4v) is 4.49. The highest BCUT2D eigenvalue weighted by Gasteiger charge is 2.35. The fraction of sp³-hybridized carbons (Fsp3) is 0.409. The van der Waals surface area contributed by atoms with E-state index in [1.54, 1.807) is 0 Å². The molecule has 2 atom stereocenters. The van der Waals surface area contributed by atoms with Gasteiger partial charge >= 0.3 is 0 Å². The van der Waals surface area contributed by atoms with Crippen molar-refractivity contribution in [3.05, 3.63) is 69.5 Å². The molecule has 0 radical (unpaired) electrons. The molecule has 1 fully saturated rings. The molecular formula is C22H25F2N3. The molecule has 0 aromatic carbocycles. The molecule has 0 amide bonds. The van der Waals surface area contributed by atoms with E-state index in [2.05, 4.69) is 27.8 Å². The Hall–Kier alpha value is -2.27. The highest BCUT2D eigenvalue weighted by molar-refractivity contribution is 5.74. The summed E-state index contributed by atoms with van der Waals surface area (Å²) in [5.74, 6) is -1.32. The second-order valence-electron chi connectivity index (χ2n) is 7.40. The van der Waals surface area contributed by atoms with Gasteiger partial charge in [0.1, 0.15) is 5.83 Å². The maximum atomic E-state index is 14.4. The van der Waals surface area contributed by atoms with Crippen LogP contribution in [0.15, 0.2) is 74.5 Å². The zero-order valence-corrected chi connectivity index (χ0v) is 15.8. The van der Waals surface area contributed by atoms with Crippen molar-refractivity contribution in [1.29, 1.82) is 0 Å². The van der Waals surface area contributed by atoms with E-state index < -0.39 is 11.7 Å². The lowest BCUT2D eigenvalue weighted by Gasteiger charge is -2.40. The van der Waals surface area contributed by atoms with Crippen molar-refractivity contribution < 1.29 is 8.78 Å². The Kier molecular flexibility index (Phi) is 4.96. The number of nitrogens with one attached hydrogen (secondary N) is 2. The normalized spacial score (nSPS) is 30.8. The van der Waals surface area contributed by atoms with E-state index in [1.165, 1.54) is 16.8 Å². The first-order chi connectivity index (χ1) is 13.1. The number of fused-ring (bicyclic) bond motifs is 1. The van der Waals surface area contributed by atoms with Crippen LogP contribution in [0.1, 0.15) is 32.6 Å². The Morgan fingerprint density at radius 1 is 1.22 bits per heavy atom. The molecule has 2 heterocycles. The van der Waals surface area contributed by atoms with Gasteiger partial charge in [0.25, 0.3) is 0 Å². The molecule has 4 aliphatic rings. The topological polar surface area (TPSA) is 36.4 Å². The lowest BCUT2D eigenvalue weighted by molar-refractivity contribution is 0.458. The molecular weight excluding hydrogens is 344 g/mol. The molecule has 2 aliphatic carbocycles. The number of hydrogen-bond acceptors (Lipinski definition) is 3. The highest BCUT2D eigenvalue weighted by atomic mass is 19.2. The van der Waals surface area contributed by atoms with Gasteiger partial charge in [-0.3, -0.25) is 4.99 Å². The summed E-state index contributed by atoms with van der Waals surface area (Å²) in [6.45, 7) is 2.73. The van der Waals surface area contributed by atoms with E-state index in [0.29, 0.717) is 18.5 Å². The standard InChI is InChI=1S/C22H25F2N3/c1-13-15(16-6-3-7-17(23)22(16)24)8-9-18-21(13)20(25-2)11-19(27-18)14-5-4-10-26-12-14/h4-6,8,10,18,20,25,27H,3,7,9,11-12H2,1-2H3. The Morgan fingerprint density at radius 3 is 2.81 bits per heavy atom. The Labute approximate surface area is 159 Å². The first-order valence-corrected chi connectivity index (χ1v) is 9.58. The minimum atomic E-state index is -0.691. The lowest BCUT2D eigenvalue weighted by atomic mass is 9.77. The molecule has 0 bridgehead atoms. The van der Waals surface area contributed by atoms with Crippen LogP contribution in [0.3, 0.4) is 0 Å². The smallest absolute Gasteiger partial charge is 0.162 e. The molecule has 1 saturated heterocycles. The first kappa shape index (κ1) is 18.1.